The first-order valence-corrected chi connectivity index (χ1v) is 7.74. The summed E-state index contributed by atoms with van der Waals surface area (Å²) in [7, 11) is 0. The van der Waals surface area contributed by atoms with Gasteiger partial charge in [-0.05, 0) is 19.1 Å². The third-order valence-corrected chi connectivity index (χ3v) is 3.64. The quantitative estimate of drug-likeness (QED) is 0.836. The lowest BCUT2D eigenvalue weighted by Gasteiger charge is -2.34. The van der Waals surface area contributed by atoms with Crippen LogP contribution in [0.3, 0.4) is 0 Å². The topological polar surface area (TPSA) is 81.8 Å². The minimum absolute atomic E-state index is 0.0111. The number of benzene rings is 1. The van der Waals surface area contributed by atoms with Crippen LogP contribution in [0.5, 0.6) is 0 Å². The molecule has 0 aromatic heterocycles. The second kappa shape index (κ2) is 8.28. The highest BCUT2D eigenvalue weighted by Gasteiger charge is 2.23. The Labute approximate surface area is 135 Å². The molecule has 0 aliphatic carbocycles. The molecule has 2 N–H and O–H groups in total. The van der Waals surface area contributed by atoms with Crippen molar-refractivity contribution in [3.05, 3.63) is 35.9 Å². The minimum Gasteiger partial charge on any atom is -0.338 e. The molecule has 1 aliphatic heterocycles. The Balaban J connectivity index is 1.77. The Bertz CT molecular complexity index is 554. The van der Waals surface area contributed by atoms with Crippen LogP contribution < -0.4 is 10.6 Å². The Morgan fingerprint density at radius 2 is 1.70 bits per heavy atom. The molecule has 7 heteroatoms. The molecule has 1 aromatic rings. The molecule has 0 radical (unpaired) electrons. The van der Waals surface area contributed by atoms with Crippen molar-refractivity contribution >= 4 is 17.8 Å². The second-order valence-corrected chi connectivity index (χ2v) is 5.34. The fourth-order valence-electron chi connectivity index (χ4n) is 2.45. The summed E-state index contributed by atoms with van der Waals surface area (Å²) in [6, 6.07) is 8.69. The number of rotatable bonds is 4. The van der Waals surface area contributed by atoms with Gasteiger partial charge in [0, 0.05) is 38.3 Å². The number of nitrogens with one attached hydrogen (secondary N) is 2. The van der Waals surface area contributed by atoms with E-state index in [9.17, 15) is 14.4 Å². The molecule has 2 rings (SSSR count). The predicted molar refractivity (Wildman–Crippen MR) is 86.0 cm³/mol. The zero-order valence-corrected chi connectivity index (χ0v) is 13.2. The molecule has 124 valence electrons. The van der Waals surface area contributed by atoms with E-state index in [2.05, 4.69) is 10.6 Å². The van der Waals surface area contributed by atoms with E-state index in [0.717, 1.165) is 0 Å². The molecule has 0 saturated carbocycles. The molecule has 0 spiro atoms. The van der Waals surface area contributed by atoms with Crippen LogP contribution in [-0.2, 0) is 4.79 Å². The highest BCUT2D eigenvalue weighted by molar-refractivity contribution is 5.95. The number of carbonyl (C=O) groups is 3. The summed E-state index contributed by atoms with van der Waals surface area (Å²) >= 11 is 0. The number of amides is 4. The number of urea groups is 1. The lowest BCUT2D eigenvalue weighted by atomic mass is 10.2. The van der Waals surface area contributed by atoms with E-state index in [1.165, 1.54) is 0 Å². The van der Waals surface area contributed by atoms with Crippen LogP contribution in [0, 0.1) is 0 Å². The molecule has 0 atom stereocenters. The van der Waals surface area contributed by atoms with Crippen LogP contribution in [-0.4, -0.2) is 66.9 Å². The van der Waals surface area contributed by atoms with Gasteiger partial charge < -0.3 is 10.2 Å². The lowest BCUT2D eigenvalue weighted by molar-refractivity contribution is -0.121. The summed E-state index contributed by atoms with van der Waals surface area (Å²) in [4.78, 5) is 39.1. The monoisotopic (exact) mass is 318 g/mol. The molecular formula is C16H22N4O3. The van der Waals surface area contributed by atoms with Crippen molar-refractivity contribution in [3.63, 3.8) is 0 Å². The van der Waals surface area contributed by atoms with Gasteiger partial charge in [-0.3, -0.25) is 19.8 Å². The molecule has 1 fully saturated rings. The van der Waals surface area contributed by atoms with Gasteiger partial charge in [0.05, 0.1) is 6.54 Å². The van der Waals surface area contributed by atoms with Gasteiger partial charge in [-0.15, -0.1) is 0 Å². The first kappa shape index (κ1) is 17.0. The maximum atomic E-state index is 12.3. The summed E-state index contributed by atoms with van der Waals surface area (Å²) in [5.74, 6) is -0.323. The average molecular weight is 318 g/mol. The van der Waals surface area contributed by atoms with Crippen LogP contribution in [0.4, 0.5) is 4.79 Å². The van der Waals surface area contributed by atoms with Crippen molar-refractivity contribution in [3.8, 4) is 0 Å². The first-order chi connectivity index (χ1) is 11.1. The van der Waals surface area contributed by atoms with Gasteiger partial charge in [-0.25, -0.2) is 4.79 Å². The molecule has 1 heterocycles. The molecule has 4 amide bonds. The Hall–Kier alpha value is -2.41. The van der Waals surface area contributed by atoms with E-state index >= 15 is 0 Å². The van der Waals surface area contributed by atoms with E-state index < -0.39 is 6.03 Å². The van der Waals surface area contributed by atoms with E-state index in [4.69, 9.17) is 0 Å². The fraction of sp³-hybridized carbons (Fsp3) is 0.438. The highest BCUT2D eigenvalue weighted by atomic mass is 16.2. The molecule has 1 aliphatic rings. The van der Waals surface area contributed by atoms with Gasteiger partial charge >= 0.3 is 6.03 Å². The van der Waals surface area contributed by atoms with Crippen molar-refractivity contribution < 1.29 is 14.4 Å². The van der Waals surface area contributed by atoms with Gasteiger partial charge in [-0.1, -0.05) is 18.2 Å². The van der Waals surface area contributed by atoms with Crippen LogP contribution in [0.1, 0.15) is 17.3 Å². The zero-order valence-electron chi connectivity index (χ0n) is 13.2. The van der Waals surface area contributed by atoms with Crippen molar-refractivity contribution in [2.75, 3.05) is 39.3 Å². The number of hydrogen-bond donors (Lipinski definition) is 2. The third kappa shape index (κ3) is 5.07. The summed E-state index contributed by atoms with van der Waals surface area (Å²) in [6.07, 6.45) is 0. The maximum Gasteiger partial charge on any atom is 0.321 e. The van der Waals surface area contributed by atoms with E-state index in [1.54, 1.807) is 24.0 Å². The minimum atomic E-state index is -0.476. The maximum absolute atomic E-state index is 12.3. The third-order valence-electron chi connectivity index (χ3n) is 3.64. The predicted octanol–water partition coefficient (Wildman–Crippen LogP) is 0.290. The Kier molecular flexibility index (Phi) is 6.10. The van der Waals surface area contributed by atoms with Crippen molar-refractivity contribution in [1.29, 1.82) is 0 Å². The van der Waals surface area contributed by atoms with Crippen molar-refractivity contribution in [2.45, 2.75) is 6.92 Å². The van der Waals surface area contributed by atoms with Gasteiger partial charge in [0.1, 0.15) is 0 Å². The zero-order chi connectivity index (χ0) is 16.7. The van der Waals surface area contributed by atoms with E-state index in [-0.39, 0.29) is 18.4 Å². The molecular weight excluding hydrogens is 296 g/mol. The van der Waals surface area contributed by atoms with E-state index in [1.807, 2.05) is 23.1 Å². The largest absolute Gasteiger partial charge is 0.338 e. The summed E-state index contributed by atoms with van der Waals surface area (Å²) in [5, 5.41) is 4.79. The van der Waals surface area contributed by atoms with Gasteiger partial charge in [0.15, 0.2) is 0 Å². The molecule has 23 heavy (non-hydrogen) atoms. The van der Waals surface area contributed by atoms with Crippen LogP contribution in [0.2, 0.25) is 0 Å². The SMILES string of the molecule is CCNC(=O)NC(=O)CN1CCN(C(=O)c2ccccc2)CC1. The normalized spacial score (nSPS) is 15.1. The van der Waals surface area contributed by atoms with Crippen LogP contribution in [0.25, 0.3) is 0 Å². The van der Waals surface area contributed by atoms with E-state index in [0.29, 0.717) is 38.3 Å². The standard InChI is InChI=1S/C16H22N4O3/c1-2-17-16(23)18-14(21)12-19-8-10-20(11-9-19)15(22)13-6-4-3-5-7-13/h3-7H,2,8-12H2,1H3,(H2,17,18,21,23). The number of hydrogen-bond acceptors (Lipinski definition) is 4. The molecule has 1 aromatic carbocycles. The lowest BCUT2D eigenvalue weighted by Crippen LogP contribution is -2.52. The second-order valence-electron chi connectivity index (χ2n) is 5.34. The van der Waals surface area contributed by atoms with Crippen LogP contribution >= 0.6 is 0 Å². The van der Waals surface area contributed by atoms with Gasteiger partial charge in [-0.2, -0.15) is 0 Å². The Morgan fingerprint density at radius 3 is 2.30 bits per heavy atom. The Morgan fingerprint density at radius 1 is 1.04 bits per heavy atom. The number of imide groups is 1. The highest BCUT2D eigenvalue weighted by Crippen LogP contribution is 2.08. The van der Waals surface area contributed by atoms with Gasteiger partial charge in [0.2, 0.25) is 5.91 Å². The number of piperazine rings is 1. The summed E-state index contributed by atoms with van der Waals surface area (Å²) < 4.78 is 0. The molecule has 0 unspecified atom stereocenters. The summed E-state index contributed by atoms with van der Waals surface area (Å²) in [5.41, 5.74) is 0.676. The number of carbonyl (C=O) groups excluding carboxylic acids is 3. The van der Waals surface area contributed by atoms with Crippen LogP contribution in [0.15, 0.2) is 30.3 Å². The molecule has 7 nitrogen and oxygen atoms in total. The summed E-state index contributed by atoms with van der Waals surface area (Å²) in [6.45, 7) is 4.78. The number of nitrogens with zero attached hydrogens (tertiary/aromatic N) is 2. The smallest absolute Gasteiger partial charge is 0.321 e. The average Bonchev–Trinajstić information content (AvgIpc) is 2.56. The first-order valence-electron chi connectivity index (χ1n) is 7.74. The van der Waals surface area contributed by atoms with Gasteiger partial charge in [0.25, 0.3) is 5.91 Å². The van der Waals surface area contributed by atoms with Crippen molar-refractivity contribution in [1.82, 2.24) is 20.4 Å². The molecule has 1 saturated heterocycles. The fourth-order valence-corrected chi connectivity index (χ4v) is 2.45. The molecule has 0 bridgehead atoms. The van der Waals surface area contributed by atoms with Crippen molar-refractivity contribution in [2.24, 2.45) is 0 Å².